The Morgan fingerprint density at radius 2 is 1.69 bits per heavy atom. The molecule has 0 heterocycles. The van der Waals surface area contributed by atoms with Crippen molar-refractivity contribution >= 4 is 29.3 Å². The molecule has 0 saturated carbocycles. The summed E-state index contributed by atoms with van der Waals surface area (Å²) >= 11 is 5.55. The van der Waals surface area contributed by atoms with Crippen molar-refractivity contribution in [3.8, 4) is 0 Å². The first-order chi connectivity index (χ1) is 12.6. The van der Waals surface area contributed by atoms with Gasteiger partial charge in [0.15, 0.2) is 0 Å². The Balaban J connectivity index is 2.14. The summed E-state index contributed by atoms with van der Waals surface area (Å²) in [5.41, 5.74) is 2.70. The molecule has 0 aliphatic heterocycles. The fourth-order valence-electron chi connectivity index (χ4n) is 2.63. The third-order valence-corrected chi connectivity index (χ3v) is 4.02. The van der Waals surface area contributed by atoms with Crippen LogP contribution in [-0.4, -0.2) is 31.0 Å². The second-order valence-electron chi connectivity index (χ2n) is 5.66. The molecule has 0 aliphatic carbocycles. The van der Waals surface area contributed by atoms with E-state index in [4.69, 9.17) is 16.3 Å². The number of carbonyl (C=O) groups excluding carboxylic acids is 2. The lowest BCUT2D eigenvalue weighted by Gasteiger charge is -2.18. The molecular weight excluding hydrogens is 352 g/mol. The standard InChI is InChI=1S/C20H23ClN2O3/c1-2-26-19(24)14-18(15-6-4-3-5-7-15)16-8-10-17(11-9-16)23-20(25)22-13-12-21/h3-11,18H,2,12-14H2,1H3,(H2,22,23,25). The van der Waals surface area contributed by atoms with Crippen molar-refractivity contribution in [1.82, 2.24) is 5.32 Å². The van der Waals surface area contributed by atoms with Crippen LogP contribution in [0.5, 0.6) is 0 Å². The van der Waals surface area contributed by atoms with Crippen molar-refractivity contribution in [3.05, 3.63) is 65.7 Å². The van der Waals surface area contributed by atoms with Gasteiger partial charge in [-0.25, -0.2) is 4.79 Å². The van der Waals surface area contributed by atoms with E-state index in [9.17, 15) is 9.59 Å². The van der Waals surface area contributed by atoms with E-state index in [0.717, 1.165) is 11.1 Å². The lowest BCUT2D eigenvalue weighted by Crippen LogP contribution is -2.30. The van der Waals surface area contributed by atoms with Gasteiger partial charge >= 0.3 is 12.0 Å². The normalized spacial score (nSPS) is 11.5. The quantitative estimate of drug-likeness (QED) is 0.539. The number of hydrogen-bond donors (Lipinski definition) is 2. The zero-order valence-electron chi connectivity index (χ0n) is 14.7. The lowest BCUT2D eigenvalue weighted by molar-refractivity contribution is -0.143. The maximum atomic E-state index is 12.0. The summed E-state index contributed by atoms with van der Waals surface area (Å²) in [6.45, 7) is 2.56. The molecule has 2 N–H and O–H groups in total. The minimum Gasteiger partial charge on any atom is -0.466 e. The minimum atomic E-state index is -0.301. The van der Waals surface area contributed by atoms with Gasteiger partial charge in [0.05, 0.1) is 13.0 Å². The maximum Gasteiger partial charge on any atom is 0.319 e. The highest BCUT2D eigenvalue weighted by Crippen LogP contribution is 2.29. The summed E-state index contributed by atoms with van der Waals surface area (Å²) in [6, 6.07) is 17.0. The van der Waals surface area contributed by atoms with E-state index in [1.54, 1.807) is 6.92 Å². The molecule has 0 bridgehead atoms. The van der Waals surface area contributed by atoms with E-state index < -0.39 is 0 Å². The number of amides is 2. The highest BCUT2D eigenvalue weighted by atomic mass is 35.5. The molecule has 138 valence electrons. The maximum absolute atomic E-state index is 12.0. The van der Waals surface area contributed by atoms with E-state index >= 15 is 0 Å². The molecule has 0 spiro atoms. The van der Waals surface area contributed by atoms with Crippen molar-refractivity contribution < 1.29 is 14.3 Å². The average Bonchev–Trinajstić information content (AvgIpc) is 2.66. The molecule has 5 nitrogen and oxygen atoms in total. The Morgan fingerprint density at radius 1 is 1.04 bits per heavy atom. The molecule has 2 amide bonds. The van der Waals surface area contributed by atoms with Gasteiger partial charge in [0.2, 0.25) is 0 Å². The van der Waals surface area contributed by atoms with E-state index in [2.05, 4.69) is 10.6 Å². The van der Waals surface area contributed by atoms with E-state index in [1.807, 2.05) is 54.6 Å². The van der Waals surface area contributed by atoms with Gasteiger partial charge < -0.3 is 15.4 Å². The lowest BCUT2D eigenvalue weighted by atomic mass is 9.88. The second-order valence-corrected chi connectivity index (χ2v) is 6.04. The molecular formula is C20H23ClN2O3. The van der Waals surface area contributed by atoms with Crippen LogP contribution in [0, 0.1) is 0 Å². The molecule has 2 rings (SSSR count). The van der Waals surface area contributed by atoms with Crippen LogP contribution < -0.4 is 10.6 Å². The Morgan fingerprint density at radius 3 is 2.31 bits per heavy atom. The third kappa shape index (κ3) is 6.08. The van der Waals surface area contributed by atoms with Crippen molar-refractivity contribution in [2.45, 2.75) is 19.3 Å². The summed E-state index contributed by atoms with van der Waals surface area (Å²) in [5.74, 6) is 0.0253. The predicted molar refractivity (Wildman–Crippen MR) is 104 cm³/mol. The fraction of sp³-hybridized carbons (Fsp3) is 0.300. The van der Waals surface area contributed by atoms with Crippen LogP contribution in [0.2, 0.25) is 0 Å². The van der Waals surface area contributed by atoms with E-state index in [1.165, 1.54) is 0 Å². The average molecular weight is 375 g/mol. The number of anilines is 1. The first-order valence-electron chi connectivity index (χ1n) is 8.55. The van der Waals surface area contributed by atoms with Crippen molar-refractivity contribution in [2.24, 2.45) is 0 Å². The zero-order valence-corrected chi connectivity index (χ0v) is 15.5. The fourth-order valence-corrected chi connectivity index (χ4v) is 2.73. The van der Waals surface area contributed by atoms with Crippen LogP contribution in [0.1, 0.15) is 30.4 Å². The Labute approximate surface area is 158 Å². The van der Waals surface area contributed by atoms with Crippen LogP contribution in [0.15, 0.2) is 54.6 Å². The largest absolute Gasteiger partial charge is 0.466 e. The highest BCUT2D eigenvalue weighted by Gasteiger charge is 2.19. The molecule has 26 heavy (non-hydrogen) atoms. The molecule has 1 atom stereocenters. The first kappa shape index (κ1) is 19.8. The van der Waals surface area contributed by atoms with Crippen LogP contribution in [-0.2, 0) is 9.53 Å². The van der Waals surface area contributed by atoms with Crippen LogP contribution in [0.3, 0.4) is 0 Å². The van der Waals surface area contributed by atoms with Crippen molar-refractivity contribution in [2.75, 3.05) is 24.3 Å². The summed E-state index contributed by atoms with van der Waals surface area (Å²) in [5, 5.41) is 5.38. The molecule has 6 heteroatoms. The number of ether oxygens (including phenoxy) is 1. The molecule has 0 radical (unpaired) electrons. The Bertz CT molecular complexity index is 705. The number of halogens is 1. The van der Waals surface area contributed by atoms with E-state index in [-0.39, 0.29) is 24.3 Å². The van der Waals surface area contributed by atoms with Crippen LogP contribution >= 0.6 is 11.6 Å². The zero-order chi connectivity index (χ0) is 18.8. The molecule has 0 saturated heterocycles. The van der Waals surface area contributed by atoms with Crippen molar-refractivity contribution in [1.29, 1.82) is 0 Å². The summed E-state index contributed by atoms with van der Waals surface area (Å²) < 4.78 is 5.11. The summed E-state index contributed by atoms with van der Waals surface area (Å²) in [4.78, 5) is 23.7. The summed E-state index contributed by atoms with van der Waals surface area (Å²) in [6.07, 6.45) is 0.265. The van der Waals surface area contributed by atoms with Gasteiger partial charge in [-0.15, -0.1) is 11.6 Å². The van der Waals surface area contributed by atoms with Gasteiger partial charge in [-0.3, -0.25) is 4.79 Å². The number of urea groups is 1. The molecule has 0 fully saturated rings. The number of carbonyl (C=O) groups is 2. The van der Waals surface area contributed by atoms with Gasteiger partial charge in [-0.2, -0.15) is 0 Å². The molecule has 0 aromatic heterocycles. The number of esters is 1. The third-order valence-electron chi connectivity index (χ3n) is 3.83. The van der Waals surface area contributed by atoms with Gasteiger partial charge in [-0.05, 0) is 30.2 Å². The number of rotatable bonds is 8. The van der Waals surface area contributed by atoms with E-state index in [0.29, 0.717) is 24.7 Å². The second kappa shape index (κ2) is 10.5. The first-order valence-corrected chi connectivity index (χ1v) is 9.08. The van der Waals surface area contributed by atoms with Gasteiger partial charge in [0.25, 0.3) is 0 Å². The Hall–Kier alpha value is -2.53. The van der Waals surface area contributed by atoms with Crippen LogP contribution in [0.4, 0.5) is 10.5 Å². The smallest absolute Gasteiger partial charge is 0.319 e. The number of benzene rings is 2. The van der Waals surface area contributed by atoms with Gasteiger partial charge in [0.1, 0.15) is 0 Å². The molecule has 1 unspecified atom stereocenters. The van der Waals surface area contributed by atoms with Crippen LogP contribution in [0.25, 0.3) is 0 Å². The number of nitrogens with one attached hydrogen (secondary N) is 2. The minimum absolute atomic E-state index is 0.102. The molecule has 2 aromatic carbocycles. The molecule has 2 aromatic rings. The van der Waals surface area contributed by atoms with Gasteiger partial charge in [0, 0.05) is 24.0 Å². The predicted octanol–water partition coefficient (Wildman–Crippen LogP) is 4.13. The summed E-state index contributed by atoms with van der Waals surface area (Å²) in [7, 11) is 0. The topological polar surface area (TPSA) is 67.4 Å². The highest BCUT2D eigenvalue weighted by molar-refractivity contribution is 6.18. The Kier molecular flexibility index (Phi) is 7.96. The number of alkyl halides is 1. The number of hydrogen-bond acceptors (Lipinski definition) is 3. The molecule has 0 aliphatic rings. The SMILES string of the molecule is CCOC(=O)CC(c1ccccc1)c1ccc(NC(=O)NCCCl)cc1. The van der Waals surface area contributed by atoms with Crippen molar-refractivity contribution in [3.63, 3.8) is 0 Å². The van der Waals surface area contributed by atoms with Gasteiger partial charge in [-0.1, -0.05) is 42.5 Å². The monoisotopic (exact) mass is 374 g/mol.